The zero-order valence-corrected chi connectivity index (χ0v) is 11.3. The molecule has 0 fully saturated rings. The Hall–Kier alpha value is -2.63. The number of H-pyrrole nitrogens is 1. The normalized spacial score (nSPS) is 10.2. The Bertz CT molecular complexity index is 650. The Morgan fingerprint density at radius 3 is 2.70 bits per heavy atom. The second-order valence-electron chi connectivity index (χ2n) is 4.38. The molecule has 0 unspecified atom stereocenters. The fraction of sp³-hybridized carbons (Fsp3) is 0.214. The zero-order chi connectivity index (χ0) is 14.5. The van der Waals surface area contributed by atoms with Crippen LogP contribution in [-0.2, 0) is 6.42 Å². The third-order valence-corrected chi connectivity index (χ3v) is 2.79. The molecule has 0 amide bonds. The first-order chi connectivity index (χ1) is 9.61. The molecule has 1 aromatic heterocycles. The Morgan fingerprint density at radius 1 is 1.40 bits per heavy atom. The molecule has 0 aliphatic heterocycles. The van der Waals surface area contributed by atoms with Gasteiger partial charge in [-0.25, -0.2) is 4.79 Å². The van der Waals surface area contributed by atoms with E-state index < -0.39 is 5.69 Å². The van der Waals surface area contributed by atoms with Gasteiger partial charge < -0.3 is 10.7 Å². The van der Waals surface area contributed by atoms with Gasteiger partial charge in [0.2, 0.25) is 0 Å². The number of nitrogens with two attached hydrogens (primary N) is 1. The molecule has 1 heterocycles. The maximum absolute atomic E-state index is 11.6. The molecule has 6 heteroatoms. The molecule has 6 nitrogen and oxygen atoms in total. The zero-order valence-electron chi connectivity index (χ0n) is 11.3. The fourth-order valence-corrected chi connectivity index (χ4v) is 1.98. The van der Waals surface area contributed by atoms with Gasteiger partial charge >= 0.3 is 5.69 Å². The van der Waals surface area contributed by atoms with E-state index in [4.69, 9.17) is 11.1 Å². The number of benzene rings is 1. The standard InChI is InChI=1S/C14H17N5O/c1-2-6-10-9-12(18-14(20)17-10)19(13(15)16)11-7-4-3-5-8-11/h3-5,7-9H,2,6H2,1H3,(H3,15,16)(H,17,18,20). The molecule has 0 radical (unpaired) electrons. The van der Waals surface area contributed by atoms with E-state index in [1.807, 2.05) is 37.3 Å². The summed E-state index contributed by atoms with van der Waals surface area (Å²) in [6.07, 6.45) is 1.65. The summed E-state index contributed by atoms with van der Waals surface area (Å²) in [5, 5.41) is 7.72. The van der Waals surface area contributed by atoms with Crippen molar-refractivity contribution < 1.29 is 0 Å². The number of hydrogen-bond donors (Lipinski definition) is 3. The van der Waals surface area contributed by atoms with Gasteiger partial charge in [0.05, 0.1) is 5.69 Å². The van der Waals surface area contributed by atoms with Gasteiger partial charge in [0.1, 0.15) is 5.82 Å². The van der Waals surface area contributed by atoms with Crippen molar-refractivity contribution in [1.82, 2.24) is 9.97 Å². The summed E-state index contributed by atoms with van der Waals surface area (Å²) in [5.41, 5.74) is 6.67. The summed E-state index contributed by atoms with van der Waals surface area (Å²) in [4.78, 5) is 19.7. The van der Waals surface area contributed by atoms with Crippen molar-refractivity contribution in [2.45, 2.75) is 19.8 Å². The van der Waals surface area contributed by atoms with Crippen molar-refractivity contribution in [1.29, 1.82) is 5.41 Å². The molecule has 2 aromatic rings. The number of aromatic nitrogens is 2. The number of aromatic amines is 1. The Morgan fingerprint density at radius 2 is 2.10 bits per heavy atom. The van der Waals surface area contributed by atoms with Crippen LogP contribution in [0.25, 0.3) is 0 Å². The molecule has 0 aliphatic carbocycles. The van der Waals surface area contributed by atoms with Crippen LogP contribution in [0.2, 0.25) is 0 Å². The quantitative estimate of drug-likeness (QED) is 0.582. The van der Waals surface area contributed by atoms with Crippen molar-refractivity contribution in [3.8, 4) is 0 Å². The number of nitrogens with one attached hydrogen (secondary N) is 2. The lowest BCUT2D eigenvalue weighted by atomic mass is 10.2. The number of hydrogen-bond acceptors (Lipinski definition) is 3. The predicted octanol–water partition coefficient (Wildman–Crippen LogP) is 1.75. The molecule has 0 saturated heterocycles. The topological polar surface area (TPSA) is 98.9 Å². The number of para-hydroxylation sites is 1. The minimum atomic E-state index is -0.437. The van der Waals surface area contributed by atoms with Gasteiger partial charge in [-0.15, -0.1) is 0 Å². The average Bonchev–Trinajstić information content (AvgIpc) is 2.39. The third-order valence-electron chi connectivity index (χ3n) is 2.79. The van der Waals surface area contributed by atoms with Gasteiger partial charge in [-0.1, -0.05) is 31.5 Å². The minimum absolute atomic E-state index is 0.184. The largest absolute Gasteiger partial charge is 0.369 e. The molecule has 0 spiro atoms. The van der Waals surface area contributed by atoms with Crippen molar-refractivity contribution in [2.24, 2.45) is 5.73 Å². The SMILES string of the molecule is CCCc1cc(N(C(=N)N)c2ccccc2)nc(=O)[nH]1. The first kappa shape index (κ1) is 13.8. The molecule has 0 atom stereocenters. The van der Waals surface area contributed by atoms with Crippen LogP contribution in [0.5, 0.6) is 0 Å². The van der Waals surface area contributed by atoms with Gasteiger partial charge in [0.25, 0.3) is 0 Å². The molecule has 0 bridgehead atoms. The second-order valence-corrected chi connectivity index (χ2v) is 4.38. The van der Waals surface area contributed by atoms with Crippen LogP contribution in [0.15, 0.2) is 41.2 Å². The van der Waals surface area contributed by atoms with Crippen LogP contribution >= 0.6 is 0 Å². The minimum Gasteiger partial charge on any atom is -0.369 e. The van der Waals surface area contributed by atoms with Crippen molar-refractivity contribution >= 4 is 17.5 Å². The smallest absolute Gasteiger partial charge is 0.347 e. The van der Waals surface area contributed by atoms with Gasteiger partial charge in [0.15, 0.2) is 5.96 Å². The molecule has 4 N–H and O–H groups in total. The number of guanidine groups is 1. The van der Waals surface area contributed by atoms with Gasteiger partial charge in [-0.2, -0.15) is 4.98 Å². The highest BCUT2D eigenvalue weighted by atomic mass is 16.1. The first-order valence-electron chi connectivity index (χ1n) is 6.41. The monoisotopic (exact) mass is 271 g/mol. The van der Waals surface area contributed by atoms with E-state index in [0.717, 1.165) is 18.5 Å². The van der Waals surface area contributed by atoms with E-state index in [2.05, 4.69) is 9.97 Å². The lowest BCUT2D eigenvalue weighted by Crippen LogP contribution is -2.34. The molecule has 1 aromatic carbocycles. The van der Waals surface area contributed by atoms with Crippen LogP contribution in [0.4, 0.5) is 11.5 Å². The molecule has 104 valence electrons. The summed E-state index contributed by atoms with van der Waals surface area (Å²) in [6.45, 7) is 2.03. The van der Waals surface area contributed by atoms with Crippen LogP contribution in [-0.4, -0.2) is 15.9 Å². The van der Waals surface area contributed by atoms with Crippen molar-refractivity contribution in [3.05, 3.63) is 52.6 Å². The molecule has 20 heavy (non-hydrogen) atoms. The van der Waals surface area contributed by atoms with Gasteiger partial charge in [-0.05, 0) is 18.6 Å². The van der Waals surface area contributed by atoms with Crippen LogP contribution < -0.4 is 16.3 Å². The molecule has 0 saturated carbocycles. The summed E-state index contributed by atoms with van der Waals surface area (Å²) >= 11 is 0. The van der Waals surface area contributed by atoms with E-state index in [-0.39, 0.29) is 5.96 Å². The van der Waals surface area contributed by atoms with E-state index in [0.29, 0.717) is 11.5 Å². The highest BCUT2D eigenvalue weighted by Gasteiger charge is 2.15. The van der Waals surface area contributed by atoms with Gasteiger partial charge in [-0.3, -0.25) is 10.3 Å². The Kier molecular flexibility index (Phi) is 4.14. The Balaban J connectivity index is 2.50. The lowest BCUT2D eigenvalue weighted by Gasteiger charge is -2.21. The second kappa shape index (κ2) is 6.01. The Labute approximate surface area is 116 Å². The molecule has 0 aliphatic rings. The average molecular weight is 271 g/mol. The number of nitrogens with zero attached hydrogens (tertiary/aromatic N) is 2. The summed E-state index contributed by atoms with van der Waals surface area (Å²) in [5.74, 6) is 0.174. The van der Waals surface area contributed by atoms with E-state index in [1.54, 1.807) is 6.07 Å². The van der Waals surface area contributed by atoms with Crippen LogP contribution in [0.1, 0.15) is 19.0 Å². The maximum atomic E-state index is 11.6. The highest BCUT2D eigenvalue weighted by molar-refractivity contribution is 5.98. The first-order valence-corrected chi connectivity index (χ1v) is 6.41. The van der Waals surface area contributed by atoms with E-state index in [9.17, 15) is 4.79 Å². The van der Waals surface area contributed by atoms with Crippen molar-refractivity contribution in [3.63, 3.8) is 0 Å². The predicted molar refractivity (Wildman–Crippen MR) is 79.3 cm³/mol. The molecular formula is C14H17N5O. The number of anilines is 2. The van der Waals surface area contributed by atoms with Crippen molar-refractivity contribution in [2.75, 3.05) is 4.90 Å². The summed E-state index contributed by atoms with van der Waals surface area (Å²) < 4.78 is 0. The van der Waals surface area contributed by atoms with Crippen LogP contribution in [0, 0.1) is 5.41 Å². The number of rotatable bonds is 4. The summed E-state index contributed by atoms with van der Waals surface area (Å²) in [6, 6.07) is 10.9. The third kappa shape index (κ3) is 3.03. The highest BCUT2D eigenvalue weighted by Crippen LogP contribution is 2.22. The van der Waals surface area contributed by atoms with Crippen LogP contribution in [0.3, 0.4) is 0 Å². The lowest BCUT2D eigenvalue weighted by molar-refractivity contribution is 0.856. The van der Waals surface area contributed by atoms with Gasteiger partial charge in [0, 0.05) is 11.8 Å². The molecular weight excluding hydrogens is 254 g/mol. The maximum Gasteiger partial charge on any atom is 0.347 e. The summed E-state index contributed by atoms with van der Waals surface area (Å²) in [7, 11) is 0. The molecule has 2 rings (SSSR count). The number of aryl methyl sites for hydroxylation is 1. The van der Waals surface area contributed by atoms with E-state index in [1.165, 1.54) is 4.90 Å². The fourth-order valence-electron chi connectivity index (χ4n) is 1.98. The van der Waals surface area contributed by atoms with E-state index >= 15 is 0 Å².